The van der Waals surface area contributed by atoms with E-state index in [9.17, 15) is 5.11 Å². The number of benzene rings is 2. The molecule has 5 nitrogen and oxygen atoms in total. The second-order valence-corrected chi connectivity index (χ2v) is 8.00. The van der Waals surface area contributed by atoms with Gasteiger partial charge in [0.15, 0.2) is 0 Å². The molecule has 4 aromatic rings. The van der Waals surface area contributed by atoms with Crippen LogP contribution >= 0.6 is 0 Å². The fraction of sp³-hybridized carbons (Fsp3) is 0.304. The monoisotopic (exact) mass is 374 g/mol. The zero-order valence-electron chi connectivity index (χ0n) is 16.0. The molecule has 0 amide bonds. The van der Waals surface area contributed by atoms with Crippen molar-refractivity contribution in [3.05, 3.63) is 72.3 Å². The zero-order chi connectivity index (χ0) is 19.1. The standard InChI is InChI=1S/C23H26N4O/c1-27-13-21(8-22(27)14-28)26-23(15-2-4-17-9-24-11-19(17)6-15)16-3-5-18-10-25-12-20(18)7-16/h2-7,9-12,21-26,28H,8,13-14H2,1H3/t21-,22+/m1/s1. The van der Waals surface area contributed by atoms with E-state index in [1.54, 1.807) is 0 Å². The molecule has 3 heterocycles. The summed E-state index contributed by atoms with van der Waals surface area (Å²) >= 11 is 0. The van der Waals surface area contributed by atoms with Crippen LogP contribution < -0.4 is 5.32 Å². The van der Waals surface area contributed by atoms with E-state index in [1.165, 1.54) is 32.7 Å². The van der Waals surface area contributed by atoms with Gasteiger partial charge in [0.25, 0.3) is 0 Å². The molecule has 5 rings (SSSR count). The molecule has 2 aromatic carbocycles. The number of aromatic nitrogens is 2. The topological polar surface area (TPSA) is 67.1 Å². The van der Waals surface area contributed by atoms with Gasteiger partial charge in [0.2, 0.25) is 0 Å². The van der Waals surface area contributed by atoms with E-state index in [0.717, 1.165) is 13.0 Å². The van der Waals surface area contributed by atoms with Gasteiger partial charge in [-0.1, -0.05) is 24.3 Å². The predicted octanol–water partition coefficient (Wildman–Crippen LogP) is 3.39. The van der Waals surface area contributed by atoms with Gasteiger partial charge in [-0.25, -0.2) is 0 Å². The van der Waals surface area contributed by atoms with Gasteiger partial charge in [-0.2, -0.15) is 0 Å². The zero-order valence-corrected chi connectivity index (χ0v) is 16.0. The summed E-state index contributed by atoms with van der Waals surface area (Å²) in [5, 5.41) is 18.4. The third-order valence-corrected chi connectivity index (χ3v) is 6.15. The van der Waals surface area contributed by atoms with Crippen molar-refractivity contribution in [3.63, 3.8) is 0 Å². The van der Waals surface area contributed by atoms with Gasteiger partial charge in [-0.05, 0) is 58.3 Å². The number of hydrogen-bond donors (Lipinski definition) is 4. The van der Waals surface area contributed by atoms with Crippen molar-refractivity contribution >= 4 is 21.5 Å². The van der Waals surface area contributed by atoms with Crippen molar-refractivity contribution in [1.82, 2.24) is 20.2 Å². The van der Waals surface area contributed by atoms with Crippen molar-refractivity contribution in [2.45, 2.75) is 24.5 Å². The first-order chi connectivity index (χ1) is 13.7. The van der Waals surface area contributed by atoms with E-state index in [-0.39, 0.29) is 18.7 Å². The number of nitrogens with zero attached hydrogens (tertiary/aromatic N) is 1. The third-order valence-electron chi connectivity index (χ3n) is 6.15. The predicted molar refractivity (Wildman–Crippen MR) is 113 cm³/mol. The number of aliphatic hydroxyl groups is 1. The van der Waals surface area contributed by atoms with Crippen LogP contribution in [-0.2, 0) is 0 Å². The van der Waals surface area contributed by atoms with Gasteiger partial charge in [-0.15, -0.1) is 0 Å². The summed E-state index contributed by atoms with van der Waals surface area (Å²) in [5.74, 6) is 0. The maximum absolute atomic E-state index is 9.64. The van der Waals surface area contributed by atoms with E-state index < -0.39 is 0 Å². The molecule has 0 aliphatic carbocycles. The first-order valence-corrected chi connectivity index (χ1v) is 9.91. The molecular weight excluding hydrogens is 348 g/mol. The van der Waals surface area contributed by atoms with Crippen molar-refractivity contribution in [2.75, 3.05) is 20.2 Å². The first-order valence-electron chi connectivity index (χ1n) is 9.91. The van der Waals surface area contributed by atoms with Crippen LogP contribution in [0.1, 0.15) is 23.6 Å². The lowest BCUT2D eigenvalue weighted by molar-refractivity contribution is 0.182. The van der Waals surface area contributed by atoms with E-state index in [1.807, 2.05) is 12.4 Å². The maximum Gasteiger partial charge on any atom is 0.0587 e. The molecule has 0 radical (unpaired) electrons. The van der Waals surface area contributed by atoms with Crippen molar-refractivity contribution in [3.8, 4) is 0 Å². The van der Waals surface area contributed by atoms with Gasteiger partial charge in [0.05, 0.1) is 12.6 Å². The Morgan fingerprint density at radius 1 is 0.964 bits per heavy atom. The summed E-state index contributed by atoms with van der Waals surface area (Å²) in [7, 11) is 2.09. The number of rotatable bonds is 5. The van der Waals surface area contributed by atoms with Gasteiger partial charge < -0.3 is 20.4 Å². The summed E-state index contributed by atoms with van der Waals surface area (Å²) in [6.07, 6.45) is 9.13. The Bertz CT molecular complexity index is 1020. The lowest BCUT2D eigenvalue weighted by Crippen LogP contribution is -2.35. The Morgan fingerprint density at radius 3 is 2.07 bits per heavy atom. The van der Waals surface area contributed by atoms with Crippen LogP contribution in [0.5, 0.6) is 0 Å². The number of aromatic amines is 2. The fourth-order valence-corrected chi connectivity index (χ4v) is 4.54. The molecule has 0 bridgehead atoms. The lowest BCUT2D eigenvalue weighted by atomic mass is 9.95. The van der Waals surface area contributed by atoms with Gasteiger partial charge in [-0.3, -0.25) is 4.90 Å². The number of fused-ring (bicyclic) bond motifs is 2. The molecule has 2 aromatic heterocycles. The number of H-pyrrole nitrogens is 2. The summed E-state index contributed by atoms with van der Waals surface area (Å²) in [4.78, 5) is 8.64. The largest absolute Gasteiger partial charge is 0.395 e. The average molecular weight is 374 g/mol. The Morgan fingerprint density at radius 2 is 1.54 bits per heavy atom. The number of hydrogen-bond acceptors (Lipinski definition) is 3. The van der Waals surface area contributed by atoms with Crippen LogP contribution in [0.25, 0.3) is 21.5 Å². The SMILES string of the molecule is CN1C[C@H](NC(c2ccc3c[nH]cc3c2)c2ccc3c[nH]cc3c2)C[C@H]1CO. The molecular formula is C23H26N4O. The average Bonchev–Trinajstić information content (AvgIpc) is 3.44. The normalized spacial score (nSPS) is 20.7. The fourth-order valence-electron chi connectivity index (χ4n) is 4.54. The summed E-state index contributed by atoms with van der Waals surface area (Å²) in [6, 6.07) is 14.0. The van der Waals surface area contributed by atoms with Crippen LogP contribution in [0.2, 0.25) is 0 Å². The minimum atomic E-state index is 0.106. The second-order valence-electron chi connectivity index (χ2n) is 8.00. The smallest absolute Gasteiger partial charge is 0.0587 e. The Labute approximate surface area is 164 Å². The van der Waals surface area contributed by atoms with Gasteiger partial charge in [0, 0.05) is 43.4 Å². The number of likely N-dealkylation sites (N-methyl/N-ethyl adjacent to an activating group) is 1. The quantitative estimate of drug-likeness (QED) is 0.433. The molecule has 1 saturated heterocycles. The van der Waals surface area contributed by atoms with Gasteiger partial charge in [0.1, 0.15) is 0 Å². The van der Waals surface area contributed by atoms with Gasteiger partial charge >= 0.3 is 0 Å². The minimum absolute atomic E-state index is 0.106. The highest BCUT2D eigenvalue weighted by molar-refractivity contribution is 5.84. The summed E-state index contributed by atoms with van der Waals surface area (Å²) in [6.45, 7) is 1.16. The second kappa shape index (κ2) is 7.09. The first kappa shape index (κ1) is 17.5. The van der Waals surface area contributed by atoms with E-state index in [4.69, 9.17) is 0 Å². The third kappa shape index (κ3) is 3.11. The molecule has 1 aliphatic heterocycles. The van der Waals surface area contributed by atoms with Crippen molar-refractivity contribution < 1.29 is 5.11 Å². The molecule has 4 N–H and O–H groups in total. The molecule has 0 saturated carbocycles. The van der Waals surface area contributed by atoms with Crippen molar-refractivity contribution in [1.29, 1.82) is 0 Å². The molecule has 1 fully saturated rings. The molecule has 1 aliphatic rings. The lowest BCUT2D eigenvalue weighted by Gasteiger charge is -2.24. The summed E-state index contributed by atoms with van der Waals surface area (Å²) < 4.78 is 0. The summed E-state index contributed by atoms with van der Waals surface area (Å²) in [5.41, 5.74) is 2.52. The van der Waals surface area contributed by atoms with Crippen LogP contribution in [0.15, 0.2) is 61.2 Å². The molecule has 0 unspecified atom stereocenters. The van der Waals surface area contributed by atoms with Crippen LogP contribution in [-0.4, -0.2) is 52.3 Å². The van der Waals surface area contributed by atoms with E-state index in [0.29, 0.717) is 6.04 Å². The van der Waals surface area contributed by atoms with E-state index >= 15 is 0 Å². The Kier molecular flexibility index (Phi) is 4.43. The molecule has 28 heavy (non-hydrogen) atoms. The highest BCUT2D eigenvalue weighted by Crippen LogP contribution is 2.30. The minimum Gasteiger partial charge on any atom is -0.395 e. The maximum atomic E-state index is 9.64. The van der Waals surface area contributed by atoms with Crippen LogP contribution in [0, 0.1) is 0 Å². The van der Waals surface area contributed by atoms with Crippen LogP contribution in [0.4, 0.5) is 0 Å². The highest BCUT2D eigenvalue weighted by atomic mass is 16.3. The van der Waals surface area contributed by atoms with Crippen molar-refractivity contribution in [2.24, 2.45) is 0 Å². The Hall–Kier alpha value is -2.60. The number of aliphatic hydroxyl groups excluding tert-OH is 1. The Balaban J connectivity index is 1.53. The van der Waals surface area contributed by atoms with E-state index in [2.05, 4.69) is 76.0 Å². The van der Waals surface area contributed by atoms with Crippen LogP contribution in [0.3, 0.4) is 0 Å². The molecule has 0 spiro atoms. The highest BCUT2D eigenvalue weighted by Gasteiger charge is 2.31. The molecule has 2 atom stereocenters. The number of likely N-dealkylation sites (tertiary alicyclic amines) is 1. The molecule has 144 valence electrons. The molecule has 5 heteroatoms. The number of nitrogens with one attached hydrogen (secondary N) is 3.